The first kappa shape index (κ1) is 11.4. The van der Waals surface area contributed by atoms with Crippen molar-refractivity contribution in [1.82, 2.24) is 10.6 Å². The quantitative estimate of drug-likeness (QED) is 0.726. The standard InChI is InChI=1S/C13H26N2/c1-3-4-13(5-6-14-9-13)10-15-12-7-11(2)8-12/h11-12,14-15H,3-10H2,1-2H3. The Morgan fingerprint density at radius 2 is 2.20 bits per heavy atom. The Hall–Kier alpha value is -0.0800. The molecule has 0 aromatic rings. The van der Waals surface area contributed by atoms with Crippen molar-refractivity contribution >= 4 is 0 Å². The van der Waals surface area contributed by atoms with E-state index in [0.29, 0.717) is 5.41 Å². The van der Waals surface area contributed by atoms with Gasteiger partial charge in [0.15, 0.2) is 0 Å². The Bertz CT molecular complexity index is 191. The van der Waals surface area contributed by atoms with Crippen molar-refractivity contribution in [3.05, 3.63) is 0 Å². The van der Waals surface area contributed by atoms with Crippen molar-refractivity contribution in [1.29, 1.82) is 0 Å². The van der Waals surface area contributed by atoms with Gasteiger partial charge in [-0.15, -0.1) is 0 Å². The van der Waals surface area contributed by atoms with E-state index >= 15 is 0 Å². The van der Waals surface area contributed by atoms with Crippen molar-refractivity contribution in [2.75, 3.05) is 19.6 Å². The smallest absolute Gasteiger partial charge is 0.00723 e. The highest BCUT2D eigenvalue weighted by Crippen LogP contribution is 2.32. The van der Waals surface area contributed by atoms with Gasteiger partial charge in [0, 0.05) is 19.1 Å². The van der Waals surface area contributed by atoms with Gasteiger partial charge in [-0.05, 0) is 43.6 Å². The lowest BCUT2D eigenvalue weighted by Gasteiger charge is -2.37. The van der Waals surface area contributed by atoms with Crippen LogP contribution in [-0.2, 0) is 0 Å². The van der Waals surface area contributed by atoms with Gasteiger partial charge in [0.05, 0.1) is 0 Å². The van der Waals surface area contributed by atoms with Gasteiger partial charge in [-0.1, -0.05) is 20.3 Å². The van der Waals surface area contributed by atoms with Gasteiger partial charge in [0.1, 0.15) is 0 Å². The minimum absolute atomic E-state index is 0.577. The highest BCUT2D eigenvalue weighted by Gasteiger charge is 2.34. The first-order valence-electron chi connectivity index (χ1n) is 6.68. The summed E-state index contributed by atoms with van der Waals surface area (Å²) in [7, 11) is 0. The zero-order chi connectivity index (χ0) is 10.7. The zero-order valence-corrected chi connectivity index (χ0v) is 10.3. The number of hydrogen-bond acceptors (Lipinski definition) is 2. The predicted octanol–water partition coefficient (Wildman–Crippen LogP) is 2.15. The fourth-order valence-corrected chi connectivity index (χ4v) is 3.21. The molecule has 2 aliphatic rings. The third kappa shape index (κ3) is 2.73. The van der Waals surface area contributed by atoms with Gasteiger partial charge in [-0.25, -0.2) is 0 Å². The molecule has 2 N–H and O–H groups in total. The summed E-state index contributed by atoms with van der Waals surface area (Å²) in [5.74, 6) is 0.964. The summed E-state index contributed by atoms with van der Waals surface area (Å²) in [4.78, 5) is 0. The van der Waals surface area contributed by atoms with Gasteiger partial charge >= 0.3 is 0 Å². The molecule has 1 aliphatic heterocycles. The Labute approximate surface area is 94.2 Å². The molecule has 88 valence electrons. The van der Waals surface area contributed by atoms with Gasteiger partial charge in [-0.3, -0.25) is 0 Å². The van der Waals surface area contributed by atoms with Gasteiger partial charge in [0.25, 0.3) is 0 Å². The molecule has 15 heavy (non-hydrogen) atoms. The summed E-state index contributed by atoms with van der Waals surface area (Å²) < 4.78 is 0. The predicted molar refractivity (Wildman–Crippen MR) is 65.0 cm³/mol. The molecule has 0 radical (unpaired) electrons. The SMILES string of the molecule is CCCC1(CNC2CC(C)C2)CCNC1. The van der Waals surface area contributed by atoms with E-state index in [4.69, 9.17) is 0 Å². The molecule has 0 bridgehead atoms. The fourth-order valence-electron chi connectivity index (χ4n) is 3.21. The lowest BCUT2D eigenvalue weighted by molar-refractivity contribution is 0.195. The van der Waals surface area contributed by atoms with E-state index in [0.717, 1.165) is 12.0 Å². The molecule has 1 aliphatic carbocycles. The number of rotatable bonds is 5. The first-order valence-corrected chi connectivity index (χ1v) is 6.68. The average molecular weight is 210 g/mol. The van der Waals surface area contributed by atoms with E-state index in [-0.39, 0.29) is 0 Å². The molecule has 1 unspecified atom stereocenters. The normalized spacial score (nSPS) is 40.4. The third-order valence-corrected chi connectivity index (χ3v) is 4.25. The Kier molecular flexibility index (Phi) is 3.68. The van der Waals surface area contributed by atoms with Crippen LogP contribution >= 0.6 is 0 Å². The second-order valence-electron chi connectivity index (χ2n) is 5.83. The summed E-state index contributed by atoms with van der Waals surface area (Å²) in [6.45, 7) is 8.37. The molecule has 1 saturated heterocycles. The molecular weight excluding hydrogens is 184 g/mol. The Morgan fingerprint density at radius 3 is 2.73 bits per heavy atom. The molecule has 1 heterocycles. The molecule has 1 saturated carbocycles. The summed E-state index contributed by atoms with van der Waals surface area (Å²) in [5, 5.41) is 7.30. The zero-order valence-electron chi connectivity index (χ0n) is 10.3. The minimum Gasteiger partial charge on any atom is -0.316 e. The van der Waals surface area contributed by atoms with Crippen molar-refractivity contribution in [2.45, 2.75) is 52.0 Å². The fraction of sp³-hybridized carbons (Fsp3) is 1.00. The van der Waals surface area contributed by atoms with Crippen LogP contribution in [-0.4, -0.2) is 25.7 Å². The molecule has 0 aromatic heterocycles. The molecule has 2 fully saturated rings. The van der Waals surface area contributed by atoms with Gasteiger partial charge in [0.2, 0.25) is 0 Å². The maximum Gasteiger partial charge on any atom is 0.00723 e. The summed E-state index contributed by atoms with van der Waals surface area (Å²) in [6, 6.07) is 0.828. The van der Waals surface area contributed by atoms with Crippen LogP contribution in [0.2, 0.25) is 0 Å². The summed E-state index contributed by atoms with van der Waals surface area (Å²) in [5.41, 5.74) is 0.577. The van der Waals surface area contributed by atoms with Crippen LogP contribution in [0.4, 0.5) is 0 Å². The molecule has 2 rings (SSSR count). The van der Waals surface area contributed by atoms with Crippen LogP contribution in [0.1, 0.15) is 46.0 Å². The van der Waals surface area contributed by atoms with E-state index in [1.54, 1.807) is 0 Å². The van der Waals surface area contributed by atoms with Crippen LogP contribution in [0, 0.1) is 11.3 Å². The second kappa shape index (κ2) is 4.84. The molecule has 2 heteroatoms. The molecule has 0 aromatic carbocycles. The topological polar surface area (TPSA) is 24.1 Å². The highest BCUT2D eigenvalue weighted by molar-refractivity contribution is 4.92. The molecule has 0 spiro atoms. The van der Waals surface area contributed by atoms with Crippen molar-refractivity contribution in [3.63, 3.8) is 0 Å². The van der Waals surface area contributed by atoms with Crippen LogP contribution in [0.5, 0.6) is 0 Å². The van der Waals surface area contributed by atoms with Crippen LogP contribution < -0.4 is 10.6 Å². The van der Waals surface area contributed by atoms with Crippen LogP contribution in [0.15, 0.2) is 0 Å². The van der Waals surface area contributed by atoms with Gasteiger partial charge < -0.3 is 10.6 Å². The van der Waals surface area contributed by atoms with Crippen LogP contribution in [0.3, 0.4) is 0 Å². The van der Waals surface area contributed by atoms with E-state index < -0.39 is 0 Å². The van der Waals surface area contributed by atoms with Crippen molar-refractivity contribution in [2.24, 2.45) is 11.3 Å². The Balaban J connectivity index is 1.74. The molecule has 1 atom stereocenters. The highest BCUT2D eigenvalue weighted by atomic mass is 15.0. The maximum absolute atomic E-state index is 3.78. The molecule has 2 nitrogen and oxygen atoms in total. The van der Waals surface area contributed by atoms with Gasteiger partial charge in [-0.2, -0.15) is 0 Å². The lowest BCUT2D eigenvalue weighted by Crippen LogP contribution is -2.46. The monoisotopic (exact) mass is 210 g/mol. The minimum atomic E-state index is 0.577. The van der Waals surface area contributed by atoms with Crippen LogP contribution in [0.25, 0.3) is 0 Å². The Morgan fingerprint density at radius 1 is 1.40 bits per heavy atom. The van der Waals surface area contributed by atoms with E-state index in [2.05, 4.69) is 24.5 Å². The maximum atomic E-state index is 3.78. The molecular formula is C13H26N2. The van der Waals surface area contributed by atoms with Crippen molar-refractivity contribution < 1.29 is 0 Å². The second-order valence-corrected chi connectivity index (χ2v) is 5.83. The van der Waals surface area contributed by atoms with E-state index in [1.165, 1.54) is 51.7 Å². The average Bonchev–Trinajstić information content (AvgIpc) is 2.61. The lowest BCUT2D eigenvalue weighted by atomic mass is 9.79. The van der Waals surface area contributed by atoms with Crippen molar-refractivity contribution in [3.8, 4) is 0 Å². The third-order valence-electron chi connectivity index (χ3n) is 4.25. The van der Waals surface area contributed by atoms with E-state index in [9.17, 15) is 0 Å². The summed E-state index contributed by atoms with van der Waals surface area (Å²) >= 11 is 0. The number of nitrogens with one attached hydrogen (secondary N) is 2. The number of hydrogen-bond donors (Lipinski definition) is 2. The summed E-state index contributed by atoms with van der Waals surface area (Å²) in [6.07, 6.45) is 6.88. The largest absolute Gasteiger partial charge is 0.316 e. The first-order chi connectivity index (χ1) is 7.24. The van der Waals surface area contributed by atoms with E-state index in [1.807, 2.05) is 0 Å². The molecule has 0 amide bonds.